The number of carbonyl (C=O) groups is 2. The Morgan fingerprint density at radius 2 is 1.50 bits per heavy atom. The number of carbonyl (C=O) groups excluding carboxylic acids is 2. The number of amides is 2. The smallest absolute Gasteiger partial charge is 0.264 e. The molecule has 0 aliphatic rings. The Morgan fingerprint density at radius 3 is 2.05 bits per heavy atom. The zero-order valence-electron chi connectivity index (χ0n) is 23.7. The van der Waals surface area contributed by atoms with Crippen LogP contribution in [-0.4, -0.2) is 43.3 Å². The Bertz CT molecular complexity index is 1400. The molecule has 0 radical (unpaired) electrons. The number of hydrogen-bond acceptors (Lipinski definition) is 4. The van der Waals surface area contributed by atoms with Crippen LogP contribution in [0.15, 0.2) is 83.8 Å². The van der Waals surface area contributed by atoms with Gasteiger partial charge in [0.15, 0.2) is 0 Å². The number of anilines is 1. The number of halogens is 1. The van der Waals surface area contributed by atoms with Crippen molar-refractivity contribution in [3.63, 3.8) is 0 Å². The van der Waals surface area contributed by atoms with Gasteiger partial charge in [0.05, 0.1) is 10.6 Å². The van der Waals surface area contributed by atoms with E-state index in [0.717, 1.165) is 16.3 Å². The van der Waals surface area contributed by atoms with Crippen LogP contribution in [0, 0.1) is 0 Å². The maximum absolute atomic E-state index is 14.1. The Morgan fingerprint density at radius 1 is 0.900 bits per heavy atom. The average molecular weight is 584 g/mol. The first-order chi connectivity index (χ1) is 18.9. The highest BCUT2D eigenvalue weighted by Gasteiger charge is 2.34. The summed E-state index contributed by atoms with van der Waals surface area (Å²) < 4.78 is 28.9. The van der Waals surface area contributed by atoms with Gasteiger partial charge in [-0.25, -0.2) is 8.42 Å². The van der Waals surface area contributed by atoms with Crippen LogP contribution < -0.4 is 9.62 Å². The molecule has 214 valence electrons. The van der Waals surface area contributed by atoms with E-state index >= 15 is 0 Å². The molecule has 7 nitrogen and oxygen atoms in total. The lowest BCUT2D eigenvalue weighted by Gasteiger charge is -2.35. The van der Waals surface area contributed by atoms with Crippen LogP contribution in [0.4, 0.5) is 5.69 Å². The maximum atomic E-state index is 14.1. The van der Waals surface area contributed by atoms with Crippen LogP contribution in [-0.2, 0) is 32.6 Å². The molecule has 0 bridgehead atoms. The third-order valence-electron chi connectivity index (χ3n) is 6.43. The Balaban J connectivity index is 2.07. The molecule has 1 atom stereocenters. The number of benzene rings is 3. The van der Waals surface area contributed by atoms with Crippen molar-refractivity contribution in [2.45, 2.75) is 70.5 Å². The van der Waals surface area contributed by atoms with E-state index in [2.05, 4.69) is 5.32 Å². The molecule has 0 fully saturated rings. The summed E-state index contributed by atoms with van der Waals surface area (Å²) in [6, 6.07) is 21.4. The van der Waals surface area contributed by atoms with E-state index < -0.39 is 34.1 Å². The summed E-state index contributed by atoms with van der Waals surface area (Å²) >= 11 is 6.44. The van der Waals surface area contributed by atoms with Crippen LogP contribution in [0.5, 0.6) is 0 Å². The molecule has 0 spiro atoms. The highest BCUT2D eigenvalue weighted by atomic mass is 35.5. The minimum absolute atomic E-state index is 0.0442. The molecular weight excluding hydrogens is 546 g/mol. The van der Waals surface area contributed by atoms with Gasteiger partial charge in [-0.3, -0.25) is 13.9 Å². The predicted octanol–water partition coefficient (Wildman–Crippen LogP) is 5.82. The lowest BCUT2D eigenvalue weighted by atomic mass is 10.1. The van der Waals surface area contributed by atoms with E-state index in [4.69, 9.17) is 11.6 Å². The van der Waals surface area contributed by atoms with Crippen molar-refractivity contribution >= 4 is 39.1 Å². The standard InChI is InChI=1S/C31H38ClN3O4S/c1-6-23-17-19-25(20-18-23)35(40(38,39)26-14-9-8-10-15-26)22-29(36)34(21-24-13-11-12-16-27(24)32)28(7-2)30(37)33-31(3,4)5/h8-20,28H,6-7,21-22H2,1-5H3,(H,33,37)/t28-/m0/s1. The van der Waals surface area contributed by atoms with Gasteiger partial charge in [0, 0.05) is 17.1 Å². The largest absolute Gasteiger partial charge is 0.350 e. The van der Waals surface area contributed by atoms with Gasteiger partial charge < -0.3 is 10.2 Å². The van der Waals surface area contributed by atoms with E-state index in [1.807, 2.05) is 52.8 Å². The molecule has 0 saturated heterocycles. The fourth-order valence-electron chi connectivity index (χ4n) is 4.33. The quantitative estimate of drug-likeness (QED) is 0.308. The first-order valence-corrected chi connectivity index (χ1v) is 15.2. The zero-order chi connectivity index (χ0) is 29.5. The highest BCUT2D eigenvalue weighted by molar-refractivity contribution is 7.92. The van der Waals surface area contributed by atoms with E-state index in [0.29, 0.717) is 22.7 Å². The summed E-state index contributed by atoms with van der Waals surface area (Å²) in [4.78, 5) is 29.0. The maximum Gasteiger partial charge on any atom is 0.264 e. The monoisotopic (exact) mass is 583 g/mol. The van der Waals surface area contributed by atoms with Gasteiger partial charge >= 0.3 is 0 Å². The van der Waals surface area contributed by atoms with Crippen molar-refractivity contribution in [3.05, 3.63) is 95.0 Å². The van der Waals surface area contributed by atoms with Gasteiger partial charge in [-0.2, -0.15) is 0 Å². The minimum atomic E-state index is -4.11. The summed E-state index contributed by atoms with van der Waals surface area (Å²) in [5, 5.41) is 3.42. The molecule has 3 aromatic carbocycles. The molecule has 40 heavy (non-hydrogen) atoms. The molecule has 0 heterocycles. The zero-order valence-corrected chi connectivity index (χ0v) is 25.3. The van der Waals surface area contributed by atoms with E-state index in [1.165, 1.54) is 17.0 Å². The van der Waals surface area contributed by atoms with E-state index in [1.54, 1.807) is 48.5 Å². The summed E-state index contributed by atoms with van der Waals surface area (Å²) in [5.41, 5.74) is 1.54. The van der Waals surface area contributed by atoms with Crippen LogP contribution >= 0.6 is 11.6 Å². The van der Waals surface area contributed by atoms with Crippen LogP contribution in [0.3, 0.4) is 0 Å². The molecule has 1 N–H and O–H groups in total. The molecule has 0 saturated carbocycles. The Kier molecular flexibility index (Phi) is 10.4. The second-order valence-corrected chi connectivity index (χ2v) is 12.9. The topological polar surface area (TPSA) is 86.8 Å². The van der Waals surface area contributed by atoms with Crippen molar-refractivity contribution in [3.8, 4) is 0 Å². The SMILES string of the molecule is CCc1ccc(N(CC(=O)N(Cc2ccccc2Cl)[C@@H](CC)C(=O)NC(C)(C)C)S(=O)(=O)c2ccccc2)cc1. The van der Waals surface area contributed by atoms with Gasteiger partial charge in [0.25, 0.3) is 10.0 Å². The third-order valence-corrected chi connectivity index (χ3v) is 8.58. The lowest BCUT2D eigenvalue weighted by molar-refractivity contribution is -0.141. The van der Waals surface area contributed by atoms with Gasteiger partial charge in [-0.1, -0.05) is 74.0 Å². The normalized spacial score (nSPS) is 12.4. The van der Waals surface area contributed by atoms with Gasteiger partial charge in [-0.15, -0.1) is 0 Å². The molecule has 0 unspecified atom stereocenters. The molecule has 3 rings (SSSR count). The van der Waals surface area contributed by atoms with Gasteiger partial charge in [-0.05, 0) is 75.1 Å². The second-order valence-electron chi connectivity index (χ2n) is 10.6. The highest BCUT2D eigenvalue weighted by Crippen LogP contribution is 2.26. The fourth-order valence-corrected chi connectivity index (χ4v) is 5.96. The van der Waals surface area contributed by atoms with Crippen LogP contribution in [0.1, 0.15) is 52.2 Å². The second kappa shape index (κ2) is 13.3. The van der Waals surface area contributed by atoms with Crippen molar-refractivity contribution in [2.75, 3.05) is 10.8 Å². The van der Waals surface area contributed by atoms with Crippen LogP contribution in [0.2, 0.25) is 5.02 Å². The Labute approximate surface area is 243 Å². The number of nitrogens with zero attached hydrogens (tertiary/aromatic N) is 2. The number of hydrogen-bond donors (Lipinski definition) is 1. The first kappa shape index (κ1) is 31.2. The van der Waals surface area contributed by atoms with Crippen molar-refractivity contribution < 1.29 is 18.0 Å². The van der Waals surface area contributed by atoms with Gasteiger partial charge in [0.2, 0.25) is 11.8 Å². The minimum Gasteiger partial charge on any atom is -0.350 e. The molecule has 9 heteroatoms. The van der Waals surface area contributed by atoms with Crippen molar-refractivity contribution in [1.29, 1.82) is 0 Å². The summed E-state index contributed by atoms with van der Waals surface area (Å²) in [6.45, 7) is 8.98. The van der Waals surface area contributed by atoms with E-state index in [-0.39, 0.29) is 17.3 Å². The molecule has 0 aromatic heterocycles. The molecule has 3 aromatic rings. The summed E-state index contributed by atoms with van der Waals surface area (Å²) in [5.74, 6) is -0.838. The first-order valence-electron chi connectivity index (χ1n) is 13.4. The summed E-state index contributed by atoms with van der Waals surface area (Å²) in [7, 11) is -4.11. The van der Waals surface area contributed by atoms with Crippen molar-refractivity contribution in [2.24, 2.45) is 0 Å². The van der Waals surface area contributed by atoms with Crippen molar-refractivity contribution in [1.82, 2.24) is 10.2 Å². The molecule has 2 amide bonds. The number of sulfonamides is 1. The third kappa shape index (κ3) is 7.86. The lowest BCUT2D eigenvalue weighted by Crippen LogP contribution is -2.55. The molecule has 0 aliphatic heterocycles. The number of rotatable bonds is 11. The predicted molar refractivity (Wildman–Crippen MR) is 161 cm³/mol. The average Bonchev–Trinajstić information content (AvgIpc) is 2.92. The number of nitrogens with one attached hydrogen (secondary N) is 1. The summed E-state index contributed by atoms with van der Waals surface area (Å²) in [6.07, 6.45) is 1.12. The van der Waals surface area contributed by atoms with Crippen LogP contribution in [0.25, 0.3) is 0 Å². The molecule has 0 aliphatic carbocycles. The van der Waals surface area contributed by atoms with E-state index in [9.17, 15) is 18.0 Å². The van der Waals surface area contributed by atoms with Gasteiger partial charge in [0.1, 0.15) is 12.6 Å². The molecular formula is C31H38ClN3O4S. The Hall–Kier alpha value is -3.36. The number of aryl methyl sites for hydroxylation is 1. The fraction of sp³-hybridized carbons (Fsp3) is 0.355.